The summed E-state index contributed by atoms with van der Waals surface area (Å²) in [7, 11) is 0. The predicted octanol–water partition coefficient (Wildman–Crippen LogP) is 3.39. The summed E-state index contributed by atoms with van der Waals surface area (Å²) in [6, 6.07) is 17.2. The van der Waals surface area contributed by atoms with Crippen LogP contribution in [-0.2, 0) is 0 Å². The van der Waals surface area contributed by atoms with Crippen LogP contribution < -0.4 is 5.56 Å². The van der Waals surface area contributed by atoms with Crippen LogP contribution in [0, 0.1) is 6.92 Å². The number of aryl methyl sites for hydroxylation is 1. The average molecular weight is 338 g/mol. The number of carbonyl (C=O) groups is 1. The molecule has 1 N–H and O–H groups in total. The van der Waals surface area contributed by atoms with Gasteiger partial charge in [-0.15, -0.1) is 0 Å². The predicted molar refractivity (Wildman–Crippen MR) is 92.1 cm³/mol. The minimum atomic E-state index is -1.01. The Balaban J connectivity index is 1.92. The molecule has 5 nitrogen and oxygen atoms in total. The zero-order chi connectivity index (χ0) is 17.1. The lowest BCUT2D eigenvalue weighted by atomic mass is 10.2. The Labute approximate surface area is 142 Å². The minimum absolute atomic E-state index is 0.164. The van der Waals surface area contributed by atoms with E-state index >= 15 is 0 Å². The molecule has 0 spiro atoms. The highest BCUT2D eigenvalue weighted by atomic mass is 32.2. The molecule has 0 fully saturated rings. The first-order valence-corrected chi connectivity index (χ1v) is 8.03. The number of carboxylic acids is 1. The second kappa shape index (κ2) is 6.72. The van der Waals surface area contributed by atoms with E-state index in [1.54, 1.807) is 18.2 Å². The van der Waals surface area contributed by atoms with Crippen molar-refractivity contribution in [3.8, 4) is 5.69 Å². The van der Waals surface area contributed by atoms with E-state index in [1.807, 2.05) is 31.2 Å². The zero-order valence-electron chi connectivity index (χ0n) is 12.8. The first kappa shape index (κ1) is 16.0. The molecule has 0 atom stereocenters. The molecule has 3 rings (SSSR count). The monoisotopic (exact) mass is 338 g/mol. The number of aromatic nitrogens is 2. The Morgan fingerprint density at radius 2 is 1.67 bits per heavy atom. The van der Waals surface area contributed by atoms with Crippen molar-refractivity contribution in [1.82, 2.24) is 9.78 Å². The van der Waals surface area contributed by atoms with E-state index in [0.717, 1.165) is 4.90 Å². The summed E-state index contributed by atoms with van der Waals surface area (Å²) in [6.45, 7) is 2.02. The topological polar surface area (TPSA) is 72.2 Å². The van der Waals surface area contributed by atoms with Gasteiger partial charge in [-0.05, 0) is 49.4 Å². The normalized spacial score (nSPS) is 10.5. The third-order valence-corrected chi connectivity index (χ3v) is 4.31. The molecule has 0 unspecified atom stereocenters. The quantitative estimate of drug-likeness (QED) is 0.789. The first-order chi connectivity index (χ1) is 11.5. The fraction of sp³-hybridized carbons (Fsp3) is 0.0556. The van der Waals surface area contributed by atoms with E-state index in [2.05, 4.69) is 5.10 Å². The lowest BCUT2D eigenvalue weighted by Crippen LogP contribution is -2.20. The summed E-state index contributed by atoms with van der Waals surface area (Å²) in [4.78, 5) is 24.0. The van der Waals surface area contributed by atoms with Crippen molar-refractivity contribution in [2.75, 3.05) is 0 Å². The Hall–Kier alpha value is -2.86. The lowest BCUT2D eigenvalue weighted by molar-refractivity contribution is 0.0697. The lowest BCUT2D eigenvalue weighted by Gasteiger charge is -2.07. The summed E-state index contributed by atoms with van der Waals surface area (Å²) in [5.41, 5.74) is 1.59. The molecule has 0 radical (unpaired) electrons. The number of hydrogen-bond donors (Lipinski definition) is 1. The fourth-order valence-corrected chi connectivity index (χ4v) is 2.88. The van der Waals surface area contributed by atoms with Crippen LogP contribution >= 0.6 is 11.8 Å². The summed E-state index contributed by atoms with van der Waals surface area (Å²) in [5.74, 6) is -1.01. The second-order valence-electron chi connectivity index (χ2n) is 5.19. The molecule has 6 heteroatoms. The maximum atomic E-state index is 12.1. The first-order valence-electron chi connectivity index (χ1n) is 7.21. The molecule has 0 amide bonds. The van der Waals surface area contributed by atoms with Crippen LogP contribution in [0.4, 0.5) is 0 Å². The number of nitrogens with zero attached hydrogens (tertiary/aromatic N) is 2. The van der Waals surface area contributed by atoms with E-state index in [1.165, 1.54) is 40.2 Å². The molecule has 0 bridgehead atoms. The Morgan fingerprint density at radius 3 is 2.29 bits per heavy atom. The van der Waals surface area contributed by atoms with Gasteiger partial charge in [0, 0.05) is 11.0 Å². The van der Waals surface area contributed by atoms with Gasteiger partial charge in [-0.1, -0.05) is 29.5 Å². The standard InChI is InChI=1S/C18H14N2O3S/c1-12-2-8-15(9-3-12)24-16-10-11-17(21)20(19-16)14-6-4-13(5-7-14)18(22)23/h2-11H,1H3,(H,22,23). The van der Waals surface area contributed by atoms with Gasteiger partial charge in [-0.3, -0.25) is 4.79 Å². The van der Waals surface area contributed by atoms with E-state index < -0.39 is 5.97 Å². The van der Waals surface area contributed by atoms with E-state index in [9.17, 15) is 9.59 Å². The molecular weight excluding hydrogens is 324 g/mol. The summed E-state index contributed by atoms with van der Waals surface area (Å²) < 4.78 is 1.27. The number of benzene rings is 2. The van der Waals surface area contributed by atoms with Crippen LogP contribution in [0.25, 0.3) is 5.69 Å². The summed E-state index contributed by atoms with van der Waals surface area (Å²) in [6.07, 6.45) is 0. The van der Waals surface area contributed by atoms with Gasteiger partial charge in [0.2, 0.25) is 0 Å². The van der Waals surface area contributed by atoms with Gasteiger partial charge in [0.15, 0.2) is 0 Å². The maximum Gasteiger partial charge on any atom is 0.335 e. The summed E-state index contributed by atoms with van der Waals surface area (Å²) in [5, 5.41) is 14.0. The third-order valence-electron chi connectivity index (χ3n) is 3.38. The van der Waals surface area contributed by atoms with Crippen LogP contribution in [0.15, 0.2) is 75.4 Å². The molecule has 0 aliphatic rings. The van der Waals surface area contributed by atoms with Crippen molar-refractivity contribution >= 4 is 17.7 Å². The highest BCUT2D eigenvalue weighted by Gasteiger charge is 2.07. The molecule has 2 aromatic carbocycles. The highest BCUT2D eigenvalue weighted by molar-refractivity contribution is 7.99. The van der Waals surface area contributed by atoms with Gasteiger partial charge in [0.05, 0.1) is 11.3 Å². The van der Waals surface area contributed by atoms with Gasteiger partial charge in [0.25, 0.3) is 5.56 Å². The molecule has 0 saturated heterocycles. The van der Waals surface area contributed by atoms with Crippen LogP contribution in [0.5, 0.6) is 0 Å². The molecule has 120 valence electrons. The van der Waals surface area contributed by atoms with Crippen LogP contribution in [0.3, 0.4) is 0 Å². The van der Waals surface area contributed by atoms with E-state index in [0.29, 0.717) is 10.7 Å². The SMILES string of the molecule is Cc1ccc(Sc2ccc(=O)n(-c3ccc(C(=O)O)cc3)n2)cc1. The molecule has 0 aliphatic carbocycles. The maximum absolute atomic E-state index is 12.1. The molecular formula is C18H14N2O3S. The average Bonchev–Trinajstić information content (AvgIpc) is 2.59. The van der Waals surface area contributed by atoms with Gasteiger partial charge in [-0.2, -0.15) is 9.78 Å². The highest BCUT2D eigenvalue weighted by Crippen LogP contribution is 2.25. The van der Waals surface area contributed by atoms with Crippen molar-refractivity contribution in [2.24, 2.45) is 0 Å². The smallest absolute Gasteiger partial charge is 0.335 e. The Kier molecular flexibility index (Phi) is 4.48. The van der Waals surface area contributed by atoms with Gasteiger partial charge >= 0.3 is 5.97 Å². The molecule has 1 aromatic heterocycles. The van der Waals surface area contributed by atoms with Crippen molar-refractivity contribution in [3.63, 3.8) is 0 Å². The minimum Gasteiger partial charge on any atom is -0.478 e. The fourth-order valence-electron chi connectivity index (χ4n) is 2.11. The Bertz CT molecular complexity index is 932. The summed E-state index contributed by atoms with van der Waals surface area (Å²) >= 11 is 1.46. The molecule has 3 aromatic rings. The van der Waals surface area contributed by atoms with Crippen LogP contribution in [0.1, 0.15) is 15.9 Å². The van der Waals surface area contributed by atoms with Gasteiger partial charge < -0.3 is 5.11 Å². The van der Waals surface area contributed by atoms with Crippen molar-refractivity contribution in [1.29, 1.82) is 0 Å². The largest absolute Gasteiger partial charge is 0.478 e. The van der Waals surface area contributed by atoms with Gasteiger partial charge in [-0.25, -0.2) is 4.79 Å². The number of aromatic carboxylic acids is 1. The van der Waals surface area contributed by atoms with Crippen molar-refractivity contribution in [3.05, 3.63) is 82.1 Å². The Morgan fingerprint density at radius 1 is 1.00 bits per heavy atom. The van der Waals surface area contributed by atoms with E-state index in [-0.39, 0.29) is 11.1 Å². The second-order valence-corrected chi connectivity index (χ2v) is 6.28. The zero-order valence-corrected chi connectivity index (χ0v) is 13.7. The number of rotatable bonds is 4. The molecule has 0 saturated carbocycles. The van der Waals surface area contributed by atoms with Crippen LogP contribution in [-0.4, -0.2) is 20.9 Å². The van der Waals surface area contributed by atoms with Crippen LogP contribution in [0.2, 0.25) is 0 Å². The third kappa shape index (κ3) is 3.55. The van der Waals surface area contributed by atoms with Crippen molar-refractivity contribution < 1.29 is 9.90 Å². The van der Waals surface area contributed by atoms with E-state index in [4.69, 9.17) is 5.11 Å². The number of hydrogen-bond acceptors (Lipinski definition) is 4. The molecule has 0 aliphatic heterocycles. The van der Waals surface area contributed by atoms with Crippen molar-refractivity contribution in [2.45, 2.75) is 16.8 Å². The van der Waals surface area contributed by atoms with Gasteiger partial charge in [0.1, 0.15) is 5.03 Å². The number of carboxylic acid groups (broad SMARTS) is 1. The molecule has 24 heavy (non-hydrogen) atoms. The molecule has 1 heterocycles.